The fourth-order valence-corrected chi connectivity index (χ4v) is 4.62. The molecule has 0 aromatic heterocycles. The van der Waals surface area contributed by atoms with Gasteiger partial charge in [-0.05, 0) is 72.3 Å². The van der Waals surface area contributed by atoms with Crippen LogP contribution in [0.5, 0.6) is 5.75 Å². The van der Waals surface area contributed by atoms with Gasteiger partial charge in [0, 0.05) is 31.7 Å². The first-order valence-electron chi connectivity index (χ1n) is 10.5. The van der Waals surface area contributed by atoms with Crippen LogP contribution in [0.15, 0.2) is 72.8 Å². The van der Waals surface area contributed by atoms with Crippen molar-refractivity contribution >= 4 is 5.69 Å². The molecule has 0 saturated heterocycles. The summed E-state index contributed by atoms with van der Waals surface area (Å²) in [5.74, 6) is 1.11. The van der Waals surface area contributed by atoms with E-state index in [1.165, 1.54) is 27.9 Å². The number of phenolic OH excluding ortho intramolecular Hbond substituents is 1. The third-order valence-electron chi connectivity index (χ3n) is 6.21. The topological polar surface area (TPSA) is 35.5 Å². The first kappa shape index (κ1) is 19.5. The lowest BCUT2D eigenvalue weighted by molar-refractivity contribution is 0.469. The molecule has 3 aromatic rings. The van der Waals surface area contributed by atoms with Gasteiger partial charge >= 0.3 is 0 Å². The molecule has 0 unspecified atom stereocenters. The fraction of sp³-hybridized carbons (Fsp3) is 0.308. The first-order valence-corrected chi connectivity index (χ1v) is 10.5. The second kappa shape index (κ2) is 8.71. The van der Waals surface area contributed by atoms with Crippen LogP contribution in [0.4, 0.5) is 5.69 Å². The van der Waals surface area contributed by atoms with E-state index < -0.39 is 0 Å². The number of nitrogens with one attached hydrogen (secondary N) is 1. The molecular formula is C26H30N2O. The Labute approximate surface area is 174 Å². The number of aromatic hydroxyl groups is 1. The van der Waals surface area contributed by atoms with Crippen LogP contribution in [0.2, 0.25) is 0 Å². The molecule has 0 bridgehead atoms. The SMILES string of the molecule is CNCCN(C)c1ccc([C@@H]2c3ccc(O)cc3CC[C@@H]2c2ccccc2)cc1. The molecule has 3 aromatic carbocycles. The number of fused-ring (bicyclic) bond motifs is 1. The van der Waals surface area contributed by atoms with Gasteiger partial charge in [0.1, 0.15) is 5.75 Å². The van der Waals surface area contributed by atoms with Crippen molar-refractivity contribution in [2.24, 2.45) is 0 Å². The van der Waals surface area contributed by atoms with E-state index in [1.807, 2.05) is 19.2 Å². The largest absolute Gasteiger partial charge is 0.508 e. The number of aryl methyl sites for hydroxylation is 1. The summed E-state index contributed by atoms with van der Waals surface area (Å²) in [4.78, 5) is 2.28. The number of benzene rings is 3. The van der Waals surface area contributed by atoms with Crippen molar-refractivity contribution < 1.29 is 5.11 Å². The summed E-state index contributed by atoms with van der Waals surface area (Å²) in [5, 5.41) is 13.2. The Balaban J connectivity index is 1.71. The van der Waals surface area contributed by atoms with Gasteiger partial charge in [0.15, 0.2) is 0 Å². The van der Waals surface area contributed by atoms with Crippen LogP contribution in [0, 0.1) is 0 Å². The Morgan fingerprint density at radius 3 is 2.45 bits per heavy atom. The van der Waals surface area contributed by atoms with Crippen LogP contribution >= 0.6 is 0 Å². The van der Waals surface area contributed by atoms with Crippen LogP contribution in [-0.4, -0.2) is 32.3 Å². The standard InChI is InChI=1S/C26H30N2O/c1-27-16-17-28(2)22-11-8-20(9-12-22)26-24(19-6-4-3-5-7-19)14-10-21-18-23(29)13-15-25(21)26/h3-9,11-13,15,18,24,26-27,29H,10,14,16-17H2,1-2H3/t24-,26+/m1/s1. The molecule has 150 valence electrons. The maximum Gasteiger partial charge on any atom is 0.115 e. The maximum absolute atomic E-state index is 9.99. The Hall–Kier alpha value is -2.78. The lowest BCUT2D eigenvalue weighted by Crippen LogP contribution is -2.27. The molecule has 0 radical (unpaired) electrons. The Morgan fingerprint density at radius 1 is 0.966 bits per heavy atom. The zero-order chi connectivity index (χ0) is 20.2. The summed E-state index contributed by atoms with van der Waals surface area (Å²) in [6, 6.07) is 25.8. The zero-order valence-corrected chi connectivity index (χ0v) is 17.3. The molecule has 0 heterocycles. The molecule has 0 aliphatic heterocycles. The van der Waals surface area contributed by atoms with E-state index in [0.29, 0.717) is 17.6 Å². The van der Waals surface area contributed by atoms with Crippen molar-refractivity contribution in [2.45, 2.75) is 24.7 Å². The van der Waals surface area contributed by atoms with Crippen LogP contribution in [0.25, 0.3) is 0 Å². The fourth-order valence-electron chi connectivity index (χ4n) is 4.62. The lowest BCUT2D eigenvalue weighted by atomic mass is 9.69. The van der Waals surface area contributed by atoms with Gasteiger partial charge in [0.05, 0.1) is 0 Å². The Morgan fingerprint density at radius 2 is 1.72 bits per heavy atom. The lowest BCUT2D eigenvalue weighted by Gasteiger charge is -2.35. The summed E-state index contributed by atoms with van der Waals surface area (Å²) < 4.78 is 0. The summed E-state index contributed by atoms with van der Waals surface area (Å²) >= 11 is 0. The molecule has 1 aliphatic rings. The summed E-state index contributed by atoms with van der Waals surface area (Å²) in [6.45, 7) is 1.95. The van der Waals surface area contributed by atoms with E-state index in [-0.39, 0.29) is 0 Å². The van der Waals surface area contributed by atoms with E-state index in [0.717, 1.165) is 25.9 Å². The number of rotatable bonds is 6. The molecule has 0 amide bonds. The number of likely N-dealkylation sites (N-methyl/N-ethyl adjacent to an activating group) is 2. The molecule has 0 saturated carbocycles. The van der Waals surface area contributed by atoms with Gasteiger partial charge in [0.25, 0.3) is 0 Å². The van der Waals surface area contributed by atoms with Crippen molar-refractivity contribution in [3.05, 3.63) is 95.1 Å². The van der Waals surface area contributed by atoms with E-state index in [4.69, 9.17) is 0 Å². The number of anilines is 1. The van der Waals surface area contributed by atoms with Gasteiger partial charge in [-0.3, -0.25) is 0 Å². The maximum atomic E-state index is 9.99. The molecule has 0 spiro atoms. The van der Waals surface area contributed by atoms with Crippen molar-refractivity contribution in [1.29, 1.82) is 0 Å². The zero-order valence-electron chi connectivity index (χ0n) is 17.3. The molecule has 0 fully saturated rings. The number of phenols is 1. The van der Waals surface area contributed by atoms with Crippen molar-refractivity contribution in [3.63, 3.8) is 0 Å². The minimum Gasteiger partial charge on any atom is -0.508 e. The molecule has 3 nitrogen and oxygen atoms in total. The Bertz CT molecular complexity index is 937. The molecular weight excluding hydrogens is 356 g/mol. The van der Waals surface area contributed by atoms with Gasteiger partial charge in [-0.15, -0.1) is 0 Å². The highest BCUT2D eigenvalue weighted by Gasteiger charge is 2.32. The van der Waals surface area contributed by atoms with Gasteiger partial charge in [-0.1, -0.05) is 48.5 Å². The van der Waals surface area contributed by atoms with Gasteiger partial charge in [0.2, 0.25) is 0 Å². The normalized spacial score (nSPS) is 18.3. The van der Waals surface area contributed by atoms with Crippen LogP contribution in [-0.2, 0) is 6.42 Å². The number of hydrogen-bond donors (Lipinski definition) is 2. The minimum absolute atomic E-state index is 0.304. The van der Waals surface area contributed by atoms with Gasteiger partial charge in [-0.25, -0.2) is 0 Å². The second-order valence-electron chi connectivity index (χ2n) is 8.03. The highest BCUT2D eigenvalue weighted by atomic mass is 16.3. The molecule has 1 aliphatic carbocycles. The van der Waals surface area contributed by atoms with E-state index in [9.17, 15) is 5.11 Å². The molecule has 4 rings (SSSR count). The van der Waals surface area contributed by atoms with Crippen molar-refractivity contribution in [3.8, 4) is 5.75 Å². The van der Waals surface area contributed by atoms with E-state index >= 15 is 0 Å². The van der Waals surface area contributed by atoms with Crippen LogP contribution < -0.4 is 10.2 Å². The van der Waals surface area contributed by atoms with Gasteiger partial charge in [-0.2, -0.15) is 0 Å². The van der Waals surface area contributed by atoms with Gasteiger partial charge < -0.3 is 15.3 Å². The smallest absolute Gasteiger partial charge is 0.115 e. The average molecular weight is 387 g/mol. The predicted octanol–water partition coefficient (Wildman–Crippen LogP) is 4.91. The molecule has 29 heavy (non-hydrogen) atoms. The van der Waals surface area contributed by atoms with Crippen molar-refractivity contribution in [2.75, 3.05) is 32.1 Å². The summed E-state index contributed by atoms with van der Waals surface area (Å²) in [7, 11) is 4.12. The highest BCUT2D eigenvalue weighted by Crippen LogP contribution is 2.47. The monoisotopic (exact) mass is 386 g/mol. The molecule has 3 heteroatoms. The minimum atomic E-state index is 0.304. The molecule has 2 atom stereocenters. The molecule has 2 N–H and O–H groups in total. The third kappa shape index (κ3) is 4.15. The van der Waals surface area contributed by atoms with E-state index in [1.54, 1.807) is 0 Å². The average Bonchev–Trinajstić information content (AvgIpc) is 2.77. The summed E-state index contributed by atoms with van der Waals surface area (Å²) in [5.41, 5.74) is 6.60. The number of nitrogens with zero attached hydrogens (tertiary/aromatic N) is 1. The van der Waals surface area contributed by atoms with Crippen LogP contribution in [0.3, 0.4) is 0 Å². The van der Waals surface area contributed by atoms with E-state index in [2.05, 4.69) is 77.9 Å². The number of hydrogen-bond acceptors (Lipinski definition) is 3. The Kier molecular flexibility index (Phi) is 5.86. The van der Waals surface area contributed by atoms with Crippen molar-refractivity contribution in [1.82, 2.24) is 5.32 Å². The predicted molar refractivity (Wildman–Crippen MR) is 121 cm³/mol. The first-order chi connectivity index (χ1) is 14.2. The quantitative estimate of drug-likeness (QED) is 0.632. The van der Waals surface area contributed by atoms with Crippen LogP contribution in [0.1, 0.15) is 40.5 Å². The third-order valence-corrected chi connectivity index (χ3v) is 6.21. The highest BCUT2D eigenvalue weighted by molar-refractivity contribution is 5.52. The second-order valence-corrected chi connectivity index (χ2v) is 8.03. The summed E-state index contributed by atoms with van der Waals surface area (Å²) in [6.07, 6.45) is 2.10.